The highest BCUT2D eigenvalue weighted by atomic mass is 16.5. The number of rotatable bonds is 3. The van der Waals surface area contributed by atoms with E-state index in [1.807, 2.05) is 18.2 Å². The van der Waals surface area contributed by atoms with Crippen LogP contribution < -0.4 is 14.8 Å². The SMILES string of the molecule is COc1cc(NC2=NCCCC2)cc(OC)c1. The van der Waals surface area contributed by atoms with Gasteiger partial charge in [-0.2, -0.15) is 0 Å². The van der Waals surface area contributed by atoms with Gasteiger partial charge in [0, 0.05) is 36.9 Å². The standard InChI is InChI=1S/C13H18N2O2/c1-16-11-7-10(8-12(9-11)17-2)15-13-5-3-4-6-14-13/h7-9H,3-6H2,1-2H3,(H,14,15). The molecule has 0 spiro atoms. The summed E-state index contributed by atoms with van der Waals surface area (Å²) in [7, 11) is 3.30. The van der Waals surface area contributed by atoms with Crippen molar-refractivity contribution < 1.29 is 9.47 Å². The maximum absolute atomic E-state index is 5.23. The molecule has 1 aromatic carbocycles. The zero-order chi connectivity index (χ0) is 12.1. The number of nitrogens with zero attached hydrogens (tertiary/aromatic N) is 1. The molecule has 1 aliphatic heterocycles. The first-order chi connectivity index (χ1) is 8.31. The summed E-state index contributed by atoms with van der Waals surface area (Å²) in [5.41, 5.74) is 0.960. The number of nitrogens with one attached hydrogen (secondary N) is 1. The van der Waals surface area contributed by atoms with Crippen LogP contribution >= 0.6 is 0 Å². The Labute approximate surface area is 102 Å². The molecular weight excluding hydrogens is 216 g/mol. The van der Waals surface area contributed by atoms with Crippen molar-refractivity contribution in [3.05, 3.63) is 18.2 Å². The predicted octanol–water partition coefficient (Wildman–Crippen LogP) is 2.70. The van der Waals surface area contributed by atoms with Crippen molar-refractivity contribution in [3.63, 3.8) is 0 Å². The van der Waals surface area contributed by atoms with E-state index in [9.17, 15) is 0 Å². The summed E-state index contributed by atoms with van der Waals surface area (Å²) in [5, 5.41) is 3.32. The van der Waals surface area contributed by atoms with E-state index in [-0.39, 0.29) is 0 Å². The summed E-state index contributed by atoms with van der Waals surface area (Å²) in [6.45, 7) is 0.920. The van der Waals surface area contributed by atoms with Crippen molar-refractivity contribution in [2.75, 3.05) is 26.1 Å². The van der Waals surface area contributed by atoms with Gasteiger partial charge in [-0.15, -0.1) is 0 Å². The van der Waals surface area contributed by atoms with Crippen LogP contribution in [-0.4, -0.2) is 26.6 Å². The van der Waals surface area contributed by atoms with Crippen molar-refractivity contribution in [3.8, 4) is 11.5 Å². The van der Waals surface area contributed by atoms with Crippen LogP contribution in [0.5, 0.6) is 11.5 Å². The highest BCUT2D eigenvalue weighted by Gasteiger charge is 2.07. The molecule has 2 rings (SSSR count). The van der Waals surface area contributed by atoms with Gasteiger partial charge in [-0.3, -0.25) is 4.99 Å². The lowest BCUT2D eigenvalue weighted by atomic mass is 10.1. The van der Waals surface area contributed by atoms with Crippen molar-refractivity contribution in [1.82, 2.24) is 0 Å². The minimum atomic E-state index is 0.781. The van der Waals surface area contributed by atoms with Gasteiger partial charge >= 0.3 is 0 Å². The molecule has 4 heteroatoms. The van der Waals surface area contributed by atoms with Crippen LogP contribution in [0.4, 0.5) is 5.69 Å². The molecule has 1 aromatic rings. The molecule has 1 heterocycles. The lowest BCUT2D eigenvalue weighted by Gasteiger charge is -2.15. The maximum Gasteiger partial charge on any atom is 0.124 e. The maximum atomic E-state index is 5.23. The molecule has 17 heavy (non-hydrogen) atoms. The predicted molar refractivity (Wildman–Crippen MR) is 69.3 cm³/mol. The molecule has 0 bridgehead atoms. The monoisotopic (exact) mass is 234 g/mol. The molecule has 1 aliphatic rings. The van der Waals surface area contributed by atoms with E-state index in [0.29, 0.717) is 0 Å². The van der Waals surface area contributed by atoms with Crippen LogP contribution in [0.2, 0.25) is 0 Å². The number of aliphatic imine (C=N–C) groups is 1. The Balaban J connectivity index is 2.16. The van der Waals surface area contributed by atoms with E-state index < -0.39 is 0 Å². The van der Waals surface area contributed by atoms with Crippen LogP contribution in [0.3, 0.4) is 0 Å². The van der Waals surface area contributed by atoms with E-state index in [1.165, 1.54) is 12.8 Å². The summed E-state index contributed by atoms with van der Waals surface area (Å²) in [6, 6.07) is 5.74. The summed E-state index contributed by atoms with van der Waals surface area (Å²) < 4.78 is 10.5. The Morgan fingerprint density at radius 1 is 1.06 bits per heavy atom. The normalized spacial score (nSPS) is 15.1. The van der Waals surface area contributed by atoms with Gasteiger partial charge in [0.1, 0.15) is 17.3 Å². The van der Waals surface area contributed by atoms with Gasteiger partial charge in [-0.25, -0.2) is 0 Å². The second-order valence-electron chi connectivity index (χ2n) is 4.01. The quantitative estimate of drug-likeness (QED) is 0.874. The Morgan fingerprint density at radius 3 is 2.29 bits per heavy atom. The fourth-order valence-electron chi connectivity index (χ4n) is 1.85. The number of hydrogen-bond acceptors (Lipinski definition) is 4. The fourth-order valence-corrected chi connectivity index (χ4v) is 1.85. The molecule has 0 aliphatic carbocycles. The third-order valence-corrected chi connectivity index (χ3v) is 2.76. The summed E-state index contributed by atoms with van der Waals surface area (Å²) >= 11 is 0. The zero-order valence-corrected chi connectivity index (χ0v) is 10.3. The number of anilines is 1. The Morgan fingerprint density at radius 2 is 1.76 bits per heavy atom. The Kier molecular flexibility index (Phi) is 3.85. The lowest BCUT2D eigenvalue weighted by molar-refractivity contribution is 0.395. The molecule has 92 valence electrons. The van der Waals surface area contributed by atoms with Crippen molar-refractivity contribution in [2.45, 2.75) is 19.3 Å². The van der Waals surface area contributed by atoms with Gasteiger partial charge in [-0.05, 0) is 12.8 Å². The topological polar surface area (TPSA) is 42.8 Å². The van der Waals surface area contributed by atoms with Crippen LogP contribution in [0.25, 0.3) is 0 Å². The highest BCUT2D eigenvalue weighted by Crippen LogP contribution is 2.26. The summed E-state index contributed by atoms with van der Waals surface area (Å²) in [5.74, 6) is 2.61. The van der Waals surface area contributed by atoms with Gasteiger partial charge in [0.25, 0.3) is 0 Å². The third-order valence-electron chi connectivity index (χ3n) is 2.76. The third kappa shape index (κ3) is 3.12. The van der Waals surface area contributed by atoms with Crippen LogP contribution in [0.15, 0.2) is 23.2 Å². The number of amidine groups is 1. The smallest absolute Gasteiger partial charge is 0.124 e. The van der Waals surface area contributed by atoms with Gasteiger partial charge in [0.15, 0.2) is 0 Å². The van der Waals surface area contributed by atoms with Crippen molar-refractivity contribution in [2.24, 2.45) is 4.99 Å². The lowest BCUT2D eigenvalue weighted by Crippen LogP contribution is -2.16. The highest BCUT2D eigenvalue weighted by molar-refractivity contribution is 5.96. The molecule has 0 saturated carbocycles. The molecule has 1 N–H and O–H groups in total. The first-order valence-electron chi connectivity index (χ1n) is 5.85. The van der Waals surface area contributed by atoms with Crippen molar-refractivity contribution >= 4 is 11.5 Å². The van der Waals surface area contributed by atoms with Gasteiger partial charge in [0.2, 0.25) is 0 Å². The molecule has 0 atom stereocenters. The minimum Gasteiger partial charge on any atom is -0.497 e. The van der Waals surface area contributed by atoms with E-state index >= 15 is 0 Å². The van der Waals surface area contributed by atoms with Crippen molar-refractivity contribution in [1.29, 1.82) is 0 Å². The summed E-state index contributed by atoms with van der Waals surface area (Å²) in [6.07, 6.45) is 3.40. The van der Waals surface area contributed by atoms with E-state index in [0.717, 1.165) is 36.0 Å². The summed E-state index contributed by atoms with van der Waals surface area (Å²) in [4.78, 5) is 4.46. The zero-order valence-electron chi connectivity index (χ0n) is 10.3. The molecule has 0 unspecified atom stereocenters. The number of benzene rings is 1. The number of hydrogen-bond donors (Lipinski definition) is 1. The minimum absolute atomic E-state index is 0.781. The molecule has 0 aromatic heterocycles. The molecule has 0 amide bonds. The molecule has 0 fully saturated rings. The first kappa shape index (κ1) is 11.8. The molecular formula is C13H18N2O2. The average Bonchev–Trinajstić information content (AvgIpc) is 2.39. The Bertz CT molecular complexity index is 394. The fraction of sp³-hybridized carbons (Fsp3) is 0.462. The largest absolute Gasteiger partial charge is 0.497 e. The second kappa shape index (κ2) is 5.57. The molecule has 0 radical (unpaired) electrons. The average molecular weight is 234 g/mol. The van der Waals surface area contributed by atoms with Crippen LogP contribution in [-0.2, 0) is 0 Å². The second-order valence-corrected chi connectivity index (χ2v) is 4.01. The molecule has 4 nitrogen and oxygen atoms in total. The Hall–Kier alpha value is -1.71. The van der Waals surface area contributed by atoms with Gasteiger partial charge in [0.05, 0.1) is 14.2 Å². The van der Waals surface area contributed by atoms with Gasteiger partial charge in [-0.1, -0.05) is 0 Å². The van der Waals surface area contributed by atoms with Crippen LogP contribution in [0.1, 0.15) is 19.3 Å². The van der Waals surface area contributed by atoms with Crippen LogP contribution in [0, 0.1) is 0 Å². The van der Waals surface area contributed by atoms with E-state index in [1.54, 1.807) is 14.2 Å². The first-order valence-corrected chi connectivity index (χ1v) is 5.85. The number of methoxy groups -OCH3 is 2. The molecule has 0 saturated heterocycles. The van der Waals surface area contributed by atoms with E-state index in [4.69, 9.17) is 9.47 Å². The number of ether oxygens (including phenoxy) is 2. The van der Waals surface area contributed by atoms with E-state index in [2.05, 4.69) is 10.3 Å². The van der Waals surface area contributed by atoms with Gasteiger partial charge < -0.3 is 14.8 Å².